The van der Waals surface area contributed by atoms with Gasteiger partial charge >= 0.3 is 18.1 Å². The van der Waals surface area contributed by atoms with Crippen LogP contribution in [0, 0.1) is 5.41 Å². The smallest absolute Gasteiger partial charge is 0.478 e. The molecular formula is C23H20F3N3O7S. The first-order valence-electron chi connectivity index (χ1n) is 9.95. The van der Waals surface area contributed by atoms with Gasteiger partial charge in [0.15, 0.2) is 0 Å². The van der Waals surface area contributed by atoms with E-state index in [1.165, 1.54) is 18.2 Å². The lowest BCUT2D eigenvalue weighted by atomic mass is 10.0. The minimum atomic E-state index is -5.08. The average molecular weight is 539 g/mol. The maximum Gasteiger partial charge on any atom is 0.490 e. The van der Waals surface area contributed by atoms with Crippen LogP contribution in [0.25, 0.3) is 11.1 Å². The van der Waals surface area contributed by atoms with Gasteiger partial charge in [0, 0.05) is 11.3 Å². The van der Waals surface area contributed by atoms with Gasteiger partial charge in [-0.15, -0.1) is 0 Å². The van der Waals surface area contributed by atoms with Gasteiger partial charge in [0.25, 0.3) is 0 Å². The lowest BCUT2D eigenvalue weighted by Gasteiger charge is -2.12. The van der Waals surface area contributed by atoms with Crippen LogP contribution in [-0.4, -0.2) is 48.8 Å². The van der Waals surface area contributed by atoms with Gasteiger partial charge in [0.1, 0.15) is 22.9 Å². The SMILES string of the molecule is CS(=O)(=O)Nc1ccc(Oc2ccc(-c3ccc(C(=N)N)cc3)cc2)c(C(=O)O)c1.O=C(O)C(F)(F)F. The number of ether oxygens (including phenoxy) is 1. The van der Waals surface area contributed by atoms with Gasteiger partial charge in [-0.1, -0.05) is 36.4 Å². The van der Waals surface area contributed by atoms with E-state index in [4.69, 9.17) is 25.8 Å². The molecule has 0 saturated carbocycles. The topological polar surface area (TPSA) is 180 Å². The molecule has 6 N–H and O–H groups in total. The van der Waals surface area contributed by atoms with E-state index in [1.54, 1.807) is 24.3 Å². The van der Waals surface area contributed by atoms with Crippen molar-refractivity contribution in [3.63, 3.8) is 0 Å². The number of anilines is 1. The first kappa shape index (κ1) is 28.6. The number of sulfonamides is 1. The van der Waals surface area contributed by atoms with Gasteiger partial charge in [-0.3, -0.25) is 10.1 Å². The Hall–Kier alpha value is -4.59. The molecule has 0 aliphatic heterocycles. The molecule has 0 radical (unpaired) electrons. The van der Waals surface area contributed by atoms with Crippen LogP contribution < -0.4 is 15.2 Å². The Morgan fingerprint density at radius 1 is 0.946 bits per heavy atom. The fourth-order valence-electron chi connectivity index (χ4n) is 2.75. The molecule has 0 aliphatic carbocycles. The molecule has 10 nitrogen and oxygen atoms in total. The highest BCUT2D eigenvalue weighted by Crippen LogP contribution is 2.30. The summed E-state index contributed by atoms with van der Waals surface area (Å²) in [6.07, 6.45) is -4.10. The number of benzene rings is 3. The van der Waals surface area contributed by atoms with Gasteiger partial charge in [0.05, 0.1) is 6.26 Å². The van der Waals surface area contributed by atoms with Crippen LogP contribution in [0.4, 0.5) is 18.9 Å². The van der Waals surface area contributed by atoms with Gasteiger partial charge in [0.2, 0.25) is 10.0 Å². The van der Waals surface area contributed by atoms with Crippen molar-refractivity contribution in [2.75, 3.05) is 11.0 Å². The fraction of sp³-hybridized carbons (Fsp3) is 0.0870. The Balaban J connectivity index is 0.000000604. The summed E-state index contributed by atoms with van der Waals surface area (Å²) in [6, 6.07) is 18.3. The van der Waals surface area contributed by atoms with Crippen LogP contribution in [0.2, 0.25) is 0 Å². The molecule has 3 rings (SSSR count). The Bertz CT molecular complexity index is 1410. The van der Waals surface area contributed by atoms with E-state index in [0.717, 1.165) is 17.4 Å². The number of nitrogens with one attached hydrogen (secondary N) is 2. The quantitative estimate of drug-likeness (QED) is 0.219. The first-order valence-corrected chi connectivity index (χ1v) is 11.8. The number of carbonyl (C=O) groups is 2. The molecule has 0 aromatic heterocycles. The maximum absolute atomic E-state index is 11.6. The number of carboxylic acids is 2. The van der Waals surface area contributed by atoms with E-state index < -0.39 is 28.1 Å². The normalized spacial score (nSPS) is 11.0. The van der Waals surface area contributed by atoms with Crippen LogP contribution >= 0.6 is 0 Å². The summed E-state index contributed by atoms with van der Waals surface area (Å²) in [5.74, 6) is -3.50. The standard InChI is InChI=1S/C21H19N3O5S.C2HF3O2/c1-30(27,28)24-16-8-11-19(18(12-16)21(25)26)29-17-9-6-14(7-10-17)13-2-4-15(5-3-13)20(22)23;3-2(4,5)1(6)7/h2-12,24H,1H3,(H3,22,23)(H,25,26);(H,6,7). The minimum absolute atomic E-state index is 0.00251. The number of hydrogen-bond acceptors (Lipinski definition) is 6. The van der Waals surface area contributed by atoms with Gasteiger partial charge in [-0.2, -0.15) is 13.2 Å². The lowest BCUT2D eigenvalue weighted by Crippen LogP contribution is -2.21. The molecule has 3 aromatic rings. The van der Waals surface area contributed by atoms with E-state index in [9.17, 15) is 31.5 Å². The number of nitrogens with two attached hydrogens (primary N) is 1. The van der Waals surface area contributed by atoms with E-state index >= 15 is 0 Å². The number of halogens is 3. The van der Waals surface area contributed by atoms with E-state index in [1.807, 2.05) is 24.3 Å². The summed E-state index contributed by atoms with van der Waals surface area (Å²) in [6.45, 7) is 0. The third-order valence-electron chi connectivity index (χ3n) is 4.37. The van der Waals surface area contributed by atoms with Crippen molar-refractivity contribution in [3.8, 4) is 22.6 Å². The summed E-state index contributed by atoms with van der Waals surface area (Å²) in [5, 5.41) is 24.0. The zero-order valence-corrected chi connectivity index (χ0v) is 19.7. The van der Waals surface area contributed by atoms with E-state index in [0.29, 0.717) is 11.3 Å². The van der Waals surface area contributed by atoms with Gasteiger partial charge in [-0.05, 0) is 41.5 Å². The Morgan fingerprint density at radius 2 is 1.43 bits per heavy atom. The summed E-state index contributed by atoms with van der Waals surface area (Å²) in [5.41, 5.74) is 7.88. The third kappa shape index (κ3) is 8.85. The average Bonchev–Trinajstić information content (AvgIpc) is 2.79. The van der Waals surface area contributed by atoms with Gasteiger partial charge in [-0.25, -0.2) is 18.0 Å². The van der Waals surface area contributed by atoms with Crippen molar-refractivity contribution < 1.29 is 46.1 Å². The largest absolute Gasteiger partial charge is 0.490 e. The number of aliphatic carboxylic acids is 1. The fourth-order valence-corrected chi connectivity index (χ4v) is 3.30. The predicted octanol–water partition coefficient (Wildman–Crippen LogP) is 4.13. The van der Waals surface area contributed by atoms with Crippen LogP contribution in [0.15, 0.2) is 66.7 Å². The molecule has 0 bridgehead atoms. The van der Waals surface area contributed by atoms with Crippen molar-refractivity contribution in [1.29, 1.82) is 5.41 Å². The molecule has 0 saturated heterocycles. The molecule has 196 valence electrons. The van der Waals surface area contributed by atoms with E-state index in [2.05, 4.69) is 4.72 Å². The second kappa shape index (κ2) is 11.4. The van der Waals surface area contributed by atoms with Crippen LogP contribution in [0.3, 0.4) is 0 Å². The van der Waals surface area contributed by atoms with Crippen molar-refractivity contribution in [3.05, 3.63) is 77.9 Å². The lowest BCUT2D eigenvalue weighted by molar-refractivity contribution is -0.192. The zero-order valence-electron chi connectivity index (χ0n) is 18.9. The highest BCUT2D eigenvalue weighted by Gasteiger charge is 2.38. The Morgan fingerprint density at radius 3 is 1.84 bits per heavy atom. The molecule has 37 heavy (non-hydrogen) atoms. The summed E-state index contributed by atoms with van der Waals surface area (Å²) in [4.78, 5) is 20.5. The van der Waals surface area contributed by atoms with Crippen molar-refractivity contribution in [1.82, 2.24) is 0 Å². The van der Waals surface area contributed by atoms with Crippen molar-refractivity contribution in [2.24, 2.45) is 5.73 Å². The van der Waals surface area contributed by atoms with Crippen molar-refractivity contribution >= 4 is 33.5 Å². The molecule has 0 fully saturated rings. The number of aromatic carboxylic acids is 1. The number of carboxylic acid groups (broad SMARTS) is 2. The highest BCUT2D eigenvalue weighted by molar-refractivity contribution is 7.92. The van der Waals surface area contributed by atoms with Crippen molar-refractivity contribution in [2.45, 2.75) is 6.18 Å². The number of alkyl halides is 3. The highest BCUT2D eigenvalue weighted by atomic mass is 32.2. The summed E-state index contributed by atoms with van der Waals surface area (Å²) in [7, 11) is -3.53. The second-order valence-electron chi connectivity index (χ2n) is 7.31. The van der Waals surface area contributed by atoms with Crippen LogP contribution in [0.1, 0.15) is 15.9 Å². The number of amidine groups is 1. The summed E-state index contributed by atoms with van der Waals surface area (Å²) < 4.78 is 62.4. The second-order valence-corrected chi connectivity index (χ2v) is 9.06. The minimum Gasteiger partial charge on any atom is -0.478 e. The Labute approximate surface area is 208 Å². The van der Waals surface area contributed by atoms with E-state index in [-0.39, 0.29) is 22.8 Å². The monoisotopic (exact) mass is 539 g/mol. The molecule has 3 aromatic carbocycles. The zero-order chi connectivity index (χ0) is 28.0. The predicted molar refractivity (Wildman–Crippen MR) is 129 cm³/mol. The molecule has 0 amide bonds. The van der Waals surface area contributed by atoms with Crippen LogP contribution in [0.5, 0.6) is 11.5 Å². The molecule has 0 unspecified atom stereocenters. The summed E-state index contributed by atoms with van der Waals surface area (Å²) >= 11 is 0. The maximum atomic E-state index is 11.6. The van der Waals surface area contributed by atoms with Crippen LogP contribution in [-0.2, 0) is 14.8 Å². The molecule has 0 spiro atoms. The Kier molecular flexibility index (Phi) is 8.85. The van der Waals surface area contributed by atoms with Gasteiger partial charge < -0.3 is 20.7 Å². The molecule has 0 aliphatic rings. The molecular weight excluding hydrogens is 519 g/mol. The number of hydrogen-bond donors (Lipinski definition) is 5. The molecule has 14 heteroatoms. The number of nitrogen functional groups attached to an aromatic ring is 1. The first-order chi connectivity index (χ1) is 17.1. The molecule has 0 heterocycles. The molecule has 0 atom stereocenters. The number of rotatable bonds is 7. The third-order valence-corrected chi connectivity index (χ3v) is 4.97.